The van der Waals surface area contributed by atoms with E-state index in [1.807, 2.05) is 4.90 Å². The molecule has 0 unspecified atom stereocenters. The standard InChI is InChI=1S/C13H18N2O4/c1-9-8-11(19-14-9)12(16)15-4-2-10(3-5-15)13-17-6-7-18-13/h8,10,13H,2-7H2,1H3. The van der Waals surface area contributed by atoms with Crippen LogP contribution < -0.4 is 0 Å². The summed E-state index contributed by atoms with van der Waals surface area (Å²) >= 11 is 0. The number of likely N-dealkylation sites (tertiary alicyclic amines) is 1. The smallest absolute Gasteiger partial charge is 0.292 e. The molecule has 6 heteroatoms. The summed E-state index contributed by atoms with van der Waals surface area (Å²) in [6, 6.07) is 1.68. The van der Waals surface area contributed by atoms with Gasteiger partial charge in [0.2, 0.25) is 5.76 Å². The number of carbonyl (C=O) groups excluding carboxylic acids is 1. The first-order chi connectivity index (χ1) is 9.24. The highest BCUT2D eigenvalue weighted by Crippen LogP contribution is 2.26. The van der Waals surface area contributed by atoms with Crippen LogP contribution in [0.4, 0.5) is 0 Å². The summed E-state index contributed by atoms with van der Waals surface area (Å²) in [5.41, 5.74) is 0.728. The van der Waals surface area contributed by atoms with E-state index in [1.165, 1.54) is 0 Å². The van der Waals surface area contributed by atoms with E-state index >= 15 is 0 Å². The van der Waals surface area contributed by atoms with Crippen LogP contribution in [0.5, 0.6) is 0 Å². The molecule has 3 rings (SSSR count). The van der Waals surface area contributed by atoms with E-state index in [-0.39, 0.29) is 12.2 Å². The largest absolute Gasteiger partial charge is 0.351 e. The molecule has 1 aromatic rings. The minimum atomic E-state index is -0.0789. The molecular formula is C13H18N2O4. The zero-order valence-electron chi connectivity index (χ0n) is 11.0. The molecule has 3 heterocycles. The van der Waals surface area contributed by atoms with Crippen molar-refractivity contribution in [2.24, 2.45) is 5.92 Å². The van der Waals surface area contributed by atoms with Gasteiger partial charge in [0.25, 0.3) is 5.91 Å². The summed E-state index contributed by atoms with van der Waals surface area (Å²) < 4.78 is 16.1. The van der Waals surface area contributed by atoms with Gasteiger partial charge in [-0.2, -0.15) is 0 Å². The van der Waals surface area contributed by atoms with Crippen molar-refractivity contribution in [1.29, 1.82) is 0 Å². The van der Waals surface area contributed by atoms with Gasteiger partial charge in [0.1, 0.15) is 0 Å². The minimum absolute atomic E-state index is 0.0766. The molecule has 0 bridgehead atoms. The third-order valence-corrected chi connectivity index (χ3v) is 3.70. The Morgan fingerprint density at radius 1 is 1.32 bits per heavy atom. The van der Waals surface area contributed by atoms with Gasteiger partial charge < -0.3 is 18.9 Å². The molecule has 2 fully saturated rings. The van der Waals surface area contributed by atoms with Crippen molar-refractivity contribution < 1.29 is 18.8 Å². The zero-order valence-corrected chi connectivity index (χ0v) is 11.0. The van der Waals surface area contributed by atoms with Gasteiger partial charge in [0.05, 0.1) is 18.9 Å². The Morgan fingerprint density at radius 3 is 2.58 bits per heavy atom. The number of amides is 1. The average Bonchev–Trinajstić information content (AvgIpc) is 3.09. The van der Waals surface area contributed by atoms with Crippen LogP contribution in [0.3, 0.4) is 0 Å². The quantitative estimate of drug-likeness (QED) is 0.805. The van der Waals surface area contributed by atoms with Gasteiger partial charge in [0.15, 0.2) is 6.29 Å². The fourth-order valence-electron chi connectivity index (χ4n) is 2.64. The Balaban J connectivity index is 1.56. The lowest BCUT2D eigenvalue weighted by Gasteiger charge is -2.33. The predicted molar refractivity (Wildman–Crippen MR) is 65.6 cm³/mol. The second-order valence-electron chi connectivity index (χ2n) is 5.07. The van der Waals surface area contributed by atoms with Crippen molar-refractivity contribution in [2.45, 2.75) is 26.1 Å². The Hall–Kier alpha value is -1.40. The number of carbonyl (C=O) groups is 1. The molecule has 19 heavy (non-hydrogen) atoms. The molecule has 2 aliphatic heterocycles. The normalized spacial score (nSPS) is 22.1. The molecule has 6 nitrogen and oxygen atoms in total. The van der Waals surface area contributed by atoms with Gasteiger partial charge in [-0.25, -0.2) is 0 Å². The second-order valence-corrected chi connectivity index (χ2v) is 5.07. The van der Waals surface area contributed by atoms with Crippen molar-refractivity contribution in [3.05, 3.63) is 17.5 Å². The number of nitrogens with zero attached hydrogens (tertiary/aromatic N) is 2. The first-order valence-electron chi connectivity index (χ1n) is 6.70. The van der Waals surface area contributed by atoms with Crippen LogP contribution in [0.25, 0.3) is 0 Å². The number of ether oxygens (including phenoxy) is 2. The van der Waals surface area contributed by atoms with Gasteiger partial charge in [-0.15, -0.1) is 0 Å². The number of hydrogen-bond acceptors (Lipinski definition) is 5. The van der Waals surface area contributed by atoms with Gasteiger partial charge in [-0.3, -0.25) is 4.79 Å². The van der Waals surface area contributed by atoms with Crippen LogP contribution in [0, 0.1) is 12.8 Å². The lowest BCUT2D eigenvalue weighted by molar-refractivity contribution is -0.0957. The van der Waals surface area contributed by atoms with Crippen LogP contribution in [-0.2, 0) is 9.47 Å². The van der Waals surface area contributed by atoms with E-state index in [0.717, 1.165) is 18.5 Å². The molecule has 0 aliphatic carbocycles. The minimum Gasteiger partial charge on any atom is -0.351 e. The van der Waals surface area contributed by atoms with Crippen molar-refractivity contribution in [2.75, 3.05) is 26.3 Å². The zero-order chi connectivity index (χ0) is 13.2. The maximum Gasteiger partial charge on any atom is 0.292 e. The van der Waals surface area contributed by atoms with Gasteiger partial charge in [0, 0.05) is 25.1 Å². The first kappa shape index (κ1) is 12.6. The number of aromatic nitrogens is 1. The summed E-state index contributed by atoms with van der Waals surface area (Å²) in [6.45, 7) is 4.60. The molecule has 104 valence electrons. The van der Waals surface area contributed by atoms with Gasteiger partial charge in [-0.05, 0) is 19.8 Å². The number of rotatable bonds is 2. The Bertz CT molecular complexity index is 445. The monoisotopic (exact) mass is 266 g/mol. The van der Waals surface area contributed by atoms with Crippen LogP contribution in [0.15, 0.2) is 10.6 Å². The van der Waals surface area contributed by atoms with E-state index in [0.29, 0.717) is 38.0 Å². The van der Waals surface area contributed by atoms with E-state index in [4.69, 9.17) is 14.0 Å². The summed E-state index contributed by atoms with van der Waals surface area (Å²) in [7, 11) is 0. The van der Waals surface area contributed by atoms with Crippen molar-refractivity contribution in [1.82, 2.24) is 10.1 Å². The van der Waals surface area contributed by atoms with Crippen LogP contribution >= 0.6 is 0 Å². The molecule has 2 saturated heterocycles. The molecule has 0 saturated carbocycles. The van der Waals surface area contributed by atoms with E-state index < -0.39 is 0 Å². The number of aryl methyl sites for hydroxylation is 1. The molecule has 2 aliphatic rings. The lowest BCUT2D eigenvalue weighted by atomic mass is 9.96. The first-order valence-corrected chi connectivity index (χ1v) is 6.70. The fourth-order valence-corrected chi connectivity index (χ4v) is 2.64. The van der Waals surface area contributed by atoms with Crippen molar-refractivity contribution >= 4 is 5.91 Å². The van der Waals surface area contributed by atoms with Crippen LogP contribution in [0.1, 0.15) is 29.1 Å². The summed E-state index contributed by atoms with van der Waals surface area (Å²) in [6.07, 6.45) is 1.73. The number of hydrogen-bond donors (Lipinski definition) is 0. The Kier molecular flexibility index (Phi) is 3.52. The van der Waals surface area contributed by atoms with E-state index in [1.54, 1.807) is 13.0 Å². The Labute approximate surface area is 111 Å². The van der Waals surface area contributed by atoms with Crippen molar-refractivity contribution in [3.8, 4) is 0 Å². The maximum atomic E-state index is 12.2. The van der Waals surface area contributed by atoms with Crippen LogP contribution in [-0.4, -0.2) is 48.6 Å². The molecule has 0 spiro atoms. The SMILES string of the molecule is Cc1cc(C(=O)N2CCC(C3OCCO3)CC2)on1. The third kappa shape index (κ3) is 2.64. The second kappa shape index (κ2) is 5.30. The highest BCUT2D eigenvalue weighted by molar-refractivity contribution is 5.91. The highest BCUT2D eigenvalue weighted by atomic mass is 16.7. The molecule has 0 aromatic carbocycles. The van der Waals surface area contributed by atoms with Crippen molar-refractivity contribution in [3.63, 3.8) is 0 Å². The highest BCUT2D eigenvalue weighted by Gasteiger charge is 2.32. The molecule has 0 atom stereocenters. The molecular weight excluding hydrogens is 248 g/mol. The summed E-state index contributed by atoms with van der Waals surface area (Å²) in [5, 5.41) is 3.75. The molecule has 0 N–H and O–H groups in total. The third-order valence-electron chi connectivity index (χ3n) is 3.70. The fraction of sp³-hybridized carbons (Fsp3) is 0.692. The summed E-state index contributed by atoms with van der Waals surface area (Å²) in [5.74, 6) is 0.639. The maximum absolute atomic E-state index is 12.2. The average molecular weight is 266 g/mol. The summed E-state index contributed by atoms with van der Waals surface area (Å²) in [4.78, 5) is 14.0. The predicted octanol–water partition coefficient (Wildman–Crippen LogP) is 1.21. The Morgan fingerprint density at radius 2 is 2.00 bits per heavy atom. The molecule has 1 amide bonds. The number of piperidine rings is 1. The van der Waals surface area contributed by atoms with Gasteiger partial charge in [-0.1, -0.05) is 5.16 Å². The lowest BCUT2D eigenvalue weighted by Crippen LogP contribution is -2.41. The molecule has 1 aromatic heterocycles. The van der Waals surface area contributed by atoms with E-state index in [9.17, 15) is 4.79 Å². The van der Waals surface area contributed by atoms with Gasteiger partial charge >= 0.3 is 0 Å². The van der Waals surface area contributed by atoms with E-state index in [2.05, 4.69) is 5.16 Å². The topological polar surface area (TPSA) is 64.8 Å². The molecule has 0 radical (unpaired) electrons. The van der Waals surface area contributed by atoms with Crippen LogP contribution in [0.2, 0.25) is 0 Å².